The van der Waals surface area contributed by atoms with Gasteiger partial charge in [0.15, 0.2) is 4.32 Å². The molecule has 1 aromatic heterocycles. The van der Waals surface area contributed by atoms with Crippen LogP contribution in [0.5, 0.6) is 0 Å². The highest BCUT2D eigenvalue weighted by molar-refractivity contribution is 8.27. The Morgan fingerprint density at radius 2 is 1.84 bits per heavy atom. The quantitative estimate of drug-likeness (QED) is 0.301. The Morgan fingerprint density at radius 1 is 1.06 bits per heavy atom. The molecule has 1 N–H and O–H groups in total. The predicted molar refractivity (Wildman–Crippen MR) is 128 cm³/mol. The first kappa shape index (κ1) is 21.9. The van der Waals surface area contributed by atoms with E-state index in [2.05, 4.69) is 0 Å². The highest BCUT2D eigenvalue weighted by atomic mass is 35.5. The van der Waals surface area contributed by atoms with Gasteiger partial charge in [0.2, 0.25) is 0 Å². The van der Waals surface area contributed by atoms with E-state index in [-0.39, 0.29) is 11.5 Å². The first-order chi connectivity index (χ1) is 14.7. The van der Waals surface area contributed by atoms with Crippen molar-refractivity contribution in [3.05, 3.63) is 79.8 Å². The van der Waals surface area contributed by atoms with E-state index in [4.69, 9.17) is 51.4 Å². The Morgan fingerprint density at radius 3 is 2.55 bits per heavy atom. The minimum atomic E-state index is -1.07. The van der Waals surface area contributed by atoms with Gasteiger partial charge in [-0.25, -0.2) is 4.79 Å². The fourth-order valence-electron chi connectivity index (χ4n) is 2.89. The van der Waals surface area contributed by atoms with Crippen molar-refractivity contribution in [1.29, 1.82) is 0 Å². The van der Waals surface area contributed by atoms with Gasteiger partial charge in [-0.15, -0.1) is 0 Å². The van der Waals surface area contributed by atoms with Crippen molar-refractivity contribution in [3.8, 4) is 11.3 Å². The first-order valence-corrected chi connectivity index (χ1v) is 11.0. The fourth-order valence-corrected chi connectivity index (χ4v) is 4.86. The summed E-state index contributed by atoms with van der Waals surface area (Å²) in [6.07, 6.45) is 1.56. The number of thiocarbonyl (C=S) groups is 1. The summed E-state index contributed by atoms with van der Waals surface area (Å²) in [6.45, 7) is 0. The largest absolute Gasteiger partial charge is 0.478 e. The Balaban J connectivity index is 1.64. The topological polar surface area (TPSA) is 70.8 Å². The zero-order valence-electron chi connectivity index (χ0n) is 15.3. The van der Waals surface area contributed by atoms with Gasteiger partial charge in [-0.1, -0.05) is 58.8 Å². The number of carbonyl (C=O) groups is 2. The average molecular weight is 511 g/mol. The second kappa shape index (κ2) is 8.68. The van der Waals surface area contributed by atoms with Crippen LogP contribution in [0.4, 0.5) is 5.69 Å². The molecule has 5 nitrogen and oxygen atoms in total. The molecule has 0 saturated carbocycles. The van der Waals surface area contributed by atoms with E-state index in [1.54, 1.807) is 30.3 Å². The average Bonchev–Trinajstić information content (AvgIpc) is 3.27. The fraction of sp³-hybridized carbons (Fsp3) is 0. The number of furan rings is 1. The summed E-state index contributed by atoms with van der Waals surface area (Å²) < 4.78 is 6.11. The molecule has 0 radical (unpaired) electrons. The molecule has 0 unspecified atom stereocenters. The Hall–Kier alpha value is -2.29. The molecule has 4 rings (SSSR count). The van der Waals surface area contributed by atoms with Gasteiger partial charge in [-0.05, 0) is 48.5 Å². The van der Waals surface area contributed by atoms with Gasteiger partial charge in [0.25, 0.3) is 5.91 Å². The first-order valence-electron chi connectivity index (χ1n) is 8.60. The predicted octanol–water partition coefficient (Wildman–Crippen LogP) is 7.01. The van der Waals surface area contributed by atoms with Gasteiger partial charge in [0, 0.05) is 16.7 Å². The Labute approximate surface area is 201 Å². The molecule has 156 valence electrons. The van der Waals surface area contributed by atoms with E-state index in [9.17, 15) is 14.7 Å². The van der Waals surface area contributed by atoms with Gasteiger partial charge >= 0.3 is 5.97 Å². The van der Waals surface area contributed by atoms with Crippen LogP contribution in [-0.4, -0.2) is 21.3 Å². The summed E-state index contributed by atoms with van der Waals surface area (Å²) in [7, 11) is 0. The van der Waals surface area contributed by atoms with Crippen LogP contribution in [0.1, 0.15) is 16.1 Å². The van der Waals surface area contributed by atoms with Crippen molar-refractivity contribution < 1.29 is 19.1 Å². The summed E-state index contributed by atoms with van der Waals surface area (Å²) >= 11 is 24.8. The number of anilines is 1. The van der Waals surface area contributed by atoms with Crippen LogP contribution < -0.4 is 4.90 Å². The van der Waals surface area contributed by atoms with Crippen molar-refractivity contribution in [1.82, 2.24) is 0 Å². The molecule has 1 aliphatic rings. The van der Waals surface area contributed by atoms with Gasteiger partial charge in [-0.3, -0.25) is 9.69 Å². The van der Waals surface area contributed by atoms with Crippen LogP contribution in [0, 0.1) is 0 Å². The van der Waals surface area contributed by atoms with Gasteiger partial charge in [0.1, 0.15) is 11.5 Å². The lowest BCUT2D eigenvalue weighted by molar-refractivity contribution is -0.113. The number of carbonyl (C=O) groups excluding carboxylic acids is 1. The molecule has 1 aliphatic heterocycles. The number of hydrogen-bond acceptors (Lipinski definition) is 5. The Kier molecular flexibility index (Phi) is 6.14. The maximum Gasteiger partial charge on any atom is 0.335 e. The van der Waals surface area contributed by atoms with E-state index in [1.807, 2.05) is 0 Å². The molecule has 0 atom stereocenters. The molecule has 2 heterocycles. The maximum absolute atomic E-state index is 12.9. The second-order valence-corrected chi connectivity index (χ2v) is 9.24. The van der Waals surface area contributed by atoms with Gasteiger partial charge in [-0.2, -0.15) is 0 Å². The van der Waals surface area contributed by atoms with Crippen molar-refractivity contribution in [3.63, 3.8) is 0 Å². The third kappa shape index (κ3) is 4.37. The molecule has 0 spiro atoms. The minimum absolute atomic E-state index is 0.0815. The number of thioether (sulfide) groups is 1. The summed E-state index contributed by atoms with van der Waals surface area (Å²) in [5.74, 6) is -0.664. The maximum atomic E-state index is 12.9. The molecule has 10 heteroatoms. The molecule has 1 amide bonds. The number of rotatable bonds is 4. The zero-order valence-corrected chi connectivity index (χ0v) is 19.2. The highest BCUT2D eigenvalue weighted by Gasteiger charge is 2.34. The molecule has 1 saturated heterocycles. The van der Waals surface area contributed by atoms with Crippen LogP contribution in [0.2, 0.25) is 15.1 Å². The van der Waals surface area contributed by atoms with Crippen LogP contribution >= 0.6 is 58.8 Å². The number of amides is 1. The molecular formula is C21H10Cl3NO4S2. The third-order valence-electron chi connectivity index (χ3n) is 4.32. The molecule has 1 fully saturated rings. The zero-order chi connectivity index (χ0) is 22.3. The molecule has 0 bridgehead atoms. The number of halogens is 3. The van der Waals surface area contributed by atoms with Gasteiger partial charge in [0.05, 0.1) is 26.2 Å². The van der Waals surface area contributed by atoms with Gasteiger partial charge < -0.3 is 9.52 Å². The van der Waals surface area contributed by atoms with Crippen LogP contribution in [-0.2, 0) is 4.79 Å². The lowest BCUT2D eigenvalue weighted by atomic mass is 10.1. The van der Waals surface area contributed by atoms with Crippen molar-refractivity contribution in [2.45, 2.75) is 0 Å². The lowest BCUT2D eigenvalue weighted by Crippen LogP contribution is -2.27. The summed E-state index contributed by atoms with van der Waals surface area (Å²) in [4.78, 5) is 25.9. The van der Waals surface area contributed by atoms with Crippen LogP contribution in [0.15, 0.2) is 57.9 Å². The number of aromatic carboxylic acids is 1. The summed E-state index contributed by atoms with van der Waals surface area (Å²) in [5.41, 5.74) is 0.953. The van der Waals surface area contributed by atoms with E-state index in [1.165, 1.54) is 29.2 Å². The molecule has 2 aromatic carbocycles. The molecular weight excluding hydrogens is 501 g/mol. The third-order valence-corrected chi connectivity index (χ3v) is 6.49. The summed E-state index contributed by atoms with van der Waals surface area (Å²) in [5, 5.41) is 10.3. The molecule has 31 heavy (non-hydrogen) atoms. The SMILES string of the molecule is O=C(O)c1ccc(Cl)c(-c2ccc(/C=C3/SC(=S)N(c4ccc(Cl)cc4Cl)C3=O)o2)c1. The van der Waals surface area contributed by atoms with Crippen molar-refractivity contribution >= 4 is 86.7 Å². The smallest absolute Gasteiger partial charge is 0.335 e. The number of benzene rings is 2. The van der Waals surface area contributed by atoms with E-state index in [0.717, 1.165) is 11.8 Å². The van der Waals surface area contributed by atoms with E-state index < -0.39 is 5.97 Å². The molecule has 3 aromatic rings. The number of carboxylic acids is 1. The molecule has 0 aliphatic carbocycles. The number of carboxylic acid groups (broad SMARTS) is 1. The van der Waals surface area contributed by atoms with E-state index >= 15 is 0 Å². The minimum Gasteiger partial charge on any atom is -0.478 e. The van der Waals surface area contributed by atoms with Crippen molar-refractivity contribution in [2.24, 2.45) is 0 Å². The van der Waals surface area contributed by atoms with Crippen molar-refractivity contribution in [2.75, 3.05) is 4.90 Å². The Bertz CT molecular complexity index is 1290. The number of nitrogens with zero attached hydrogens (tertiary/aromatic N) is 1. The number of hydrogen-bond donors (Lipinski definition) is 1. The monoisotopic (exact) mass is 509 g/mol. The van der Waals surface area contributed by atoms with Crippen LogP contribution in [0.3, 0.4) is 0 Å². The lowest BCUT2D eigenvalue weighted by Gasteiger charge is -2.16. The normalized spacial score (nSPS) is 15.2. The summed E-state index contributed by atoms with van der Waals surface area (Å²) in [6, 6.07) is 12.4. The second-order valence-electron chi connectivity index (χ2n) is 6.31. The van der Waals surface area contributed by atoms with E-state index in [0.29, 0.717) is 47.1 Å². The van der Waals surface area contributed by atoms with Crippen LogP contribution in [0.25, 0.3) is 17.4 Å². The standard InChI is InChI=1S/C21H10Cl3NO4S2/c22-11-2-5-16(15(24)8-11)25-19(26)18(31-21(25)30)9-12-3-6-17(29-12)13-7-10(20(27)28)1-4-14(13)23/h1-9H,(H,27,28)/b18-9+. The highest BCUT2D eigenvalue weighted by Crippen LogP contribution is 2.40.